The van der Waals surface area contributed by atoms with Crippen LogP contribution < -0.4 is 5.32 Å². The van der Waals surface area contributed by atoms with Crippen molar-refractivity contribution < 1.29 is 9.53 Å². The zero-order valence-corrected chi connectivity index (χ0v) is 11.2. The van der Waals surface area contributed by atoms with Crippen LogP contribution in [0.2, 0.25) is 0 Å². The molecule has 0 bridgehead atoms. The fraction of sp³-hybridized carbons (Fsp3) is 0.923. The number of hydrogen-bond acceptors (Lipinski definition) is 3. The van der Waals surface area contributed by atoms with Crippen LogP contribution in [-0.4, -0.2) is 42.3 Å². The standard InChI is InChI=1S/C13H24N2O2/c1-13(2,3)17-12(16)15-7-6-10(9-15)8-14-11-4-5-11/h10-11,14H,4-9H2,1-3H3/t10-/m0/s1. The first-order valence-corrected chi connectivity index (χ1v) is 6.65. The molecule has 0 aromatic rings. The summed E-state index contributed by atoms with van der Waals surface area (Å²) >= 11 is 0. The molecule has 2 rings (SSSR count). The largest absolute Gasteiger partial charge is 0.444 e. The fourth-order valence-electron chi connectivity index (χ4n) is 2.11. The van der Waals surface area contributed by atoms with E-state index in [9.17, 15) is 4.79 Å². The number of likely N-dealkylation sites (tertiary alicyclic amines) is 1. The van der Waals surface area contributed by atoms with Crippen LogP contribution >= 0.6 is 0 Å². The fourth-order valence-corrected chi connectivity index (χ4v) is 2.11. The zero-order chi connectivity index (χ0) is 12.5. The lowest BCUT2D eigenvalue weighted by atomic mass is 10.1. The summed E-state index contributed by atoms with van der Waals surface area (Å²) in [5.74, 6) is 0.600. The first-order valence-electron chi connectivity index (χ1n) is 6.65. The van der Waals surface area contributed by atoms with Crippen LogP contribution in [0.15, 0.2) is 0 Å². The Hall–Kier alpha value is -0.770. The summed E-state index contributed by atoms with van der Waals surface area (Å²) in [5, 5.41) is 3.53. The molecule has 1 saturated carbocycles. The number of rotatable bonds is 3. The van der Waals surface area contributed by atoms with Gasteiger partial charge in [-0.3, -0.25) is 0 Å². The van der Waals surface area contributed by atoms with Gasteiger partial charge >= 0.3 is 6.09 Å². The lowest BCUT2D eigenvalue weighted by Crippen LogP contribution is -2.36. The summed E-state index contributed by atoms with van der Waals surface area (Å²) in [4.78, 5) is 13.7. The van der Waals surface area contributed by atoms with Gasteiger partial charge in [-0.1, -0.05) is 0 Å². The molecule has 4 heteroatoms. The normalized spacial score (nSPS) is 25.1. The van der Waals surface area contributed by atoms with Crippen LogP contribution in [0, 0.1) is 5.92 Å². The summed E-state index contributed by atoms with van der Waals surface area (Å²) < 4.78 is 5.37. The minimum Gasteiger partial charge on any atom is -0.444 e. The van der Waals surface area contributed by atoms with Gasteiger partial charge in [-0.2, -0.15) is 0 Å². The second-order valence-corrected chi connectivity index (χ2v) is 6.26. The predicted octanol–water partition coefficient (Wildman–Crippen LogP) is 2.00. The van der Waals surface area contributed by atoms with E-state index < -0.39 is 0 Å². The van der Waals surface area contributed by atoms with Gasteiger partial charge in [-0.05, 0) is 52.5 Å². The molecule has 1 aliphatic heterocycles. The Kier molecular flexibility index (Phi) is 3.61. The molecule has 0 aromatic heterocycles. The van der Waals surface area contributed by atoms with Gasteiger partial charge < -0.3 is 15.0 Å². The molecule has 1 atom stereocenters. The molecule has 1 saturated heterocycles. The Morgan fingerprint density at radius 2 is 2.06 bits per heavy atom. The number of nitrogens with zero attached hydrogens (tertiary/aromatic N) is 1. The van der Waals surface area contributed by atoms with E-state index in [-0.39, 0.29) is 11.7 Å². The van der Waals surface area contributed by atoms with Gasteiger partial charge in [0.25, 0.3) is 0 Å². The smallest absolute Gasteiger partial charge is 0.410 e. The first kappa shape index (κ1) is 12.7. The second kappa shape index (κ2) is 4.84. The van der Waals surface area contributed by atoms with E-state index in [2.05, 4.69) is 5.32 Å². The van der Waals surface area contributed by atoms with Crippen molar-refractivity contribution in [1.82, 2.24) is 10.2 Å². The van der Waals surface area contributed by atoms with Crippen LogP contribution in [0.4, 0.5) is 4.79 Å². The van der Waals surface area contributed by atoms with Crippen molar-refractivity contribution in [3.8, 4) is 0 Å². The number of ether oxygens (including phenoxy) is 1. The third-order valence-electron chi connectivity index (χ3n) is 3.21. The first-order chi connectivity index (χ1) is 7.94. The van der Waals surface area contributed by atoms with Crippen molar-refractivity contribution in [3.63, 3.8) is 0 Å². The highest BCUT2D eigenvalue weighted by Crippen LogP contribution is 2.22. The van der Waals surface area contributed by atoms with Gasteiger partial charge in [0.05, 0.1) is 0 Å². The number of carbonyl (C=O) groups excluding carboxylic acids is 1. The van der Waals surface area contributed by atoms with E-state index in [0.717, 1.165) is 32.1 Å². The van der Waals surface area contributed by atoms with Crippen LogP contribution in [0.3, 0.4) is 0 Å². The minimum atomic E-state index is -0.387. The quantitative estimate of drug-likeness (QED) is 0.820. The van der Waals surface area contributed by atoms with Crippen LogP contribution in [0.5, 0.6) is 0 Å². The van der Waals surface area contributed by atoms with E-state index in [1.807, 2.05) is 25.7 Å². The summed E-state index contributed by atoms with van der Waals surface area (Å²) in [6.45, 7) is 8.46. The van der Waals surface area contributed by atoms with Crippen molar-refractivity contribution in [2.75, 3.05) is 19.6 Å². The summed E-state index contributed by atoms with van der Waals surface area (Å²) in [6.07, 6.45) is 3.58. The van der Waals surface area contributed by atoms with Crippen molar-refractivity contribution in [2.24, 2.45) is 5.92 Å². The van der Waals surface area contributed by atoms with Gasteiger partial charge in [0.1, 0.15) is 5.60 Å². The van der Waals surface area contributed by atoms with Gasteiger partial charge in [-0.25, -0.2) is 4.79 Å². The Labute approximate surface area is 104 Å². The molecule has 4 nitrogen and oxygen atoms in total. The molecule has 2 aliphatic rings. The Balaban J connectivity index is 1.70. The van der Waals surface area contributed by atoms with Gasteiger partial charge in [0, 0.05) is 19.1 Å². The molecule has 0 spiro atoms. The lowest BCUT2D eigenvalue weighted by molar-refractivity contribution is 0.0288. The van der Waals surface area contributed by atoms with Crippen molar-refractivity contribution in [3.05, 3.63) is 0 Å². The number of nitrogens with one attached hydrogen (secondary N) is 1. The highest BCUT2D eigenvalue weighted by atomic mass is 16.6. The zero-order valence-electron chi connectivity index (χ0n) is 11.2. The molecule has 0 unspecified atom stereocenters. The third kappa shape index (κ3) is 4.19. The maximum Gasteiger partial charge on any atom is 0.410 e. The number of amides is 1. The summed E-state index contributed by atoms with van der Waals surface area (Å²) in [7, 11) is 0. The predicted molar refractivity (Wildman–Crippen MR) is 66.9 cm³/mol. The van der Waals surface area contributed by atoms with E-state index >= 15 is 0 Å². The lowest BCUT2D eigenvalue weighted by Gasteiger charge is -2.24. The molecule has 1 heterocycles. The van der Waals surface area contributed by atoms with Gasteiger partial charge in [-0.15, -0.1) is 0 Å². The average molecular weight is 240 g/mol. The second-order valence-electron chi connectivity index (χ2n) is 6.26. The summed E-state index contributed by atoms with van der Waals surface area (Å²) in [6, 6.07) is 0.755. The molecule has 1 aliphatic carbocycles. The van der Waals surface area contributed by atoms with Crippen molar-refractivity contribution >= 4 is 6.09 Å². The molecule has 98 valence electrons. The highest BCUT2D eigenvalue weighted by molar-refractivity contribution is 5.68. The van der Waals surface area contributed by atoms with Gasteiger partial charge in [0.15, 0.2) is 0 Å². The van der Waals surface area contributed by atoms with Crippen LogP contribution in [-0.2, 0) is 4.74 Å². The van der Waals surface area contributed by atoms with Crippen LogP contribution in [0.25, 0.3) is 0 Å². The van der Waals surface area contributed by atoms with Crippen molar-refractivity contribution in [2.45, 2.75) is 51.7 Å². The molecular weight excluding hydrogens is 216 g/mol. The van der Waals surface area contributed by atoms with Crippen LogP contribution in [0.1, 0.15) is 40.0 Å². The number of carbonyl (C=O) groups is 1. The van der Waals surface area contributed by atoms with E-state index in [4.69, 9.17) is 4.74 Å². The average Bonchev–Trinajstić information content (AvgIpc) is 2.90. The van der Waals surface area contributed by atoms with E-state index in [1.54, 1.807) is 0 Å². The van der Waals surface area contributed by atoms with E-state index in [0.29, 0.717) is 5.92 Å². The van der Waals surface area contributed by atoms with E-state index in [1.165, 1.54) is 12.8 Å². The Bertz CT molecular complexity index is 282. The third-order valence-corrected chi connectivity index (χ3v) is 3.21. The SMILES string of the molecule is CC(C)(C)OC(=O)N1CC[C@@H](CNC2CC2)C1. The molecule has 0 aromatic carbocycles. The molecule has 17 heavy (non-hydrogen) atoms. The Morgan fingerprint density at radius 1 is 1.35 bits per heavy atom. The van der Waals surface area contributed by atoms with Crippen molar-refractivity contribution in [1.29, 1.82) is 0 Å². The molecular formula is C13H24N2O2. The Morgan fingerprint density at radius 3 is 2.65 bits per heavy atom. The molecule has 2 fully saturated rings. The molecule has 1 N–H and O–H groups in total. The van der Waals surface area contributed by atoms with Gasteiger partial charge in [0.2, 0.25) is 0 Å². The maximum absolute atomic E-state index is 11.8. The topological polar surface area (TPSA) is 41.6 Å². The molecule has 1 amide bonds. The highest BCUT2D eigenvalue weighted by Gasteiger charge is 2.30. The maximum atomic E-state index is 11.8. The minimum absolute atomic E-state index is 0.161. The monoisotopic (exact) mass is 240 g/mol. The summed E-state index contributed by atoms with van der Waals surface area (Å²) in [5.41, 5.74) is -0.387. The number of hydrogen-bond donors (Lipinski definition) is 1. The molecule has 0 radical (unpaired) electrons.